The van der Waals surface area contributed by atoms with E-state index in [1.165, 1.54) is 0 Å². The lowest BCUT2D eigenvalue weighted by Gasteiger charge is -1.93. The van der Waals surface area contributed by atoms with Gasteiger partial charge in [0.2, 0.25) is 0 Å². The molecule has 1 unspecified atom stereocenters. The Morgan fingerprint density at radius 1 is 1.67 bits per heavy atom. The Bertz CT molecular complexity index is 38.8. The van der Waals surface area contributed by atoms with Crippen LogP contribution >= 0.6 is 0 Å². The van der Waals surface area contributed by atoms with Crippen LogP contribution < -0.4 is 22.1 Å². The normalized spacial score (nSPS) is 34.5. The Balaban J connectivity index is 2.18. The van der Waals surface area contributed by atoms with Crippen molar-refractivity contribution < 1.29 is 0 Å². The topological polar surface area (TPSA) is 62.1 Å². The summed E-state index contributed by atoms with van der Waals surface area (Å²) in [6.07, 6.45) is 0.0741. The minimum absolute atomic E-state index is 0.0741. The first-order chi connectivity index (χ1) is 2.89. The molecule has 1 atom stereocenters. The van der Waals surface area contributed by atoms with Crippen LogP contribution in [0.4, 0.5) is 0 Å². The Morgan fingerprint density at radius 3 is 2.67 bits per heavy atom. The SMILES string of the molecule is NC1CNNN1. The van der Waals surface area contributed by atoms with Crippen LogP contribution in [0.3, 0.4) is 0 Å². The summed E-state index contributed by atoms with van der Waals surface area (Å²) in [5, 5.41) is 0. The van der Waals surface area contributed by atoms with Crippen molar-refractivity contribution in [3.05, 3.63) is 0 Å². The molecule has 0 radical (unpaired) electrons. The third-order valence-electron chi connectivity index (χ3n) is 0.668. The second-order valence-electron chi connectivity index (χ2n) is 1.26. The molecule has 1 heterocycles. The van der Waals surface area contributed by atoms with E-state index >= 15 is 0 Å². The fourth-order valence-corrected chi connectivity index (χ4v) is 0.356. The summed E-state index contributed by atoms with van der Waals surface area (Å²) in [6.45, 7) is 0.792. The van der Waals surface area contributed by atoms with Crippen molar-refractivity contribution in [2.24, 2.45) is 5.73 Å². The fraction of sp³-hybridized carbons (Fsp3) is 1.00. The molecular weight excluding hydrogens is 80.0 g/mol. The molecule has 4 heteroatoms. The van der Waals surface area contributed by atoms with E-state index in [4.69, 9.17) is 5.73 Å². The van der Waals surface area contributed by atoms with Crippen molar-refractivity contribution >= 4 is 0 Å². The standard InChI is InChI=1S/C2H8N4/c3-2-1-4-6-5-2/h2,4-6H,1,3H2. The van der Waals surface area contributed by atoms with Gasteiger partial charge in [-0.2, -0.15) is 5.53 Å². The van der Waals surface area contributed by atoms with Gasteiger partial charge in [0, 0.05) is 6.54 Å². The van der Waals surface area contributed by atoms with Crippen LogP contribution in [0.1, 0.15) is 0 Å². The lowest BCUT2D eigenvalue weighted by Crippen LogP contribution is -2.38. The summed E-state index contributed by atoms with van der Waals surface area (Å²) < 4.78 is 0. The average molecular weight is 88.1 g/mol. The molecule has 1 fully saturated rings. The molecule has 4 nitrogen and oxygen atoms in total. The molecule has 1 saturated heterocycles. The number of rotatable bonds is 0. The molecule has 0 bridgehead atoms. The molecule has 0 amide bonds. The molecule has 0 aromatic heterocycles. The molecule has 0 saturated carbocycles. The maximum Gasteiger partial charge on any atom is 0.0833 e. The average Bonchev–Trinajstić information content (AvgIpc) is 1.86. The molecule has 0 spiro atoms. The van der Waals surface area contributed by atoms with Crippen molar-refractivity contribution in [1.29, 1.82) is 0 Å². The zero-order chi connectivity index (χ0) is 4.41. The maximum absolute atomic E-state index is 5.30. The van der Waals surface area contributed by atoms with E-state index in [1.54, 1.807) is 0 Å². The third-order valence-corrected chi connectivity index (χ3v) is 0.668. The third kappa shape index (κ3) is 0.662. The first-order valence-corrected chi connectivity index (χ1v) is 1.88. The van der Waals surface area contributed by atoms with Gasteiger partial charge in [-0.1, -0.05) is 0 Å². The lowest BCUT2D eigenvalue weighted by molar-refractivity contribution is 0.552. The summed E-state index contributed by atoms with van der Waals surface area (Å²) in [6, 6.07) is 0. The lowest BCUT2D eigenvalue weighted by atomic mass is 10.6. The van der Waals surface area contributed by atoms with Gasteiger partial charge in [0.05, 0.1) is 6.17 Å². The fourth-order valence-electron chi connectivity index (χ4n) is 0.356. The summed E-state index contributed by atoms with van der Waals surface area (Å²) in [4.78, 5) is 0. The van der Waals surface area contributed by atoms with Crippen molar-refractivity contribution in [3.8, 4) is 0 Å². The Labute approximate surface area is 36.0 Å². The van der Waals surface area contributed by atoms with Crippen molar-refractivity contribution in [2.45, 2.75) is 6.17 Å². The minimum Gasteiger partial charge on any atom is -0.314 e. The first kappa shape index (κ1) is 4.01. The molecule has 0 aromatic rings. The molecule has 1 aliphatic heterocycles. The number of hydrogen-bond acceptors (Lipinski definition) is 4. The van der Waals surface area contributed by atoms with Gasteiger partial charge in [0.15, 0.2) is 0 Å². The molecule has 6 heavy (non-hydrogen) atoms. The number of nitrogens with two attached hydrogens (primary N) is 1. The van der Waals surface area contributed by atoms with Crippen molar-refractivity contribution in [1.82, 2.24) is 16.4 Å². The minimum atomic E-state index is 0.0741. The van der Waals surface area contributed by atoms with Crippen LogP contribution in [0.2, 0.25) is 0 Å². The largest absolute Gasteiger partial charge is 0.314 e. The Hall–Kier alpha value is -0.160. The van der Waals surface area contributed by atoms with Gasteiger partial charge in [-0.15, -0.1) is 0 Å². The van der Waals surface area contributed by atoms with Gasteiger partial charge in [-0.25, -0.2) is 10.9 Å². The number of hydrazine groups is 2. The van der Waals surface area contributed by atoms with E-state index in [0.29, 0.717) is 0 Å². The van der Waals surface area contributed by atoms with Gasteiger partial charge in [0.1, 0.15) is 0 Å². The van der Waals surface area contributed by atoms with E-state index in [1.807, 2.05) is 0 Å². The molecule has 1 rings (SSSR count). The summed E-state index contributed by atoms with van der Waals surface area (Å²) in [5.41, 5.74) is 13.5. The van der Waals surface area contributed by atoms with Crippen LogP contribution in [-0.2, 0) is 0 Å². The van der Waals surface area contributed by atoms with Gasteiger partial charge in [-0.3, -0.25) is 0 Å². The molecule has 0 aromatic carbocycles. The van der Waals surface area contributed by atoms with Crippen LogP contribution in [0, 0.1) is 0 Å². The number of nitrogens with one attached hydrogen (secondary N) is 3. The quantitative estimate of drug-likeness (QED) is 0.273. The van der Waals surface area contributed by atoms with Gasteiger partial charge in [-0.05, 0) is 0 Å². The summed E-state index contributed by atoms with van der Waals surface area (Å²) in [7, 11) is 0. The van der Waals surface area contributed by atoms with E-state index in [2.05, 4.69) is 16.4 Å². The Kier molecular flexibility index (Phi) is 1.02. The highest BCUT2D eigenvalue weighted by molar-refractivity contribution is 4.60. The maximum atomic E-state index is 5.30. The zero-order valence-corrected chi connectivity index (χ0v) is 3.36. The molecule has 36 valence electrons. The Morgan fingerprint density at radius 2 is 2.50 bits per heavy atom. The van der Waals surface area contributed by atoms with E-state index < -0.39 is 0 Å². The van der Waals surface area contributed by atoms with Crippen LogP contribution in [-0.4, -0.2) is 12.7 Å². The van der Waals surface area contributed by atoms with E-state index in [-0.39, 0.29) is 6.17 Å². The molecular formula is C2H8N4. The van der Waals surface area contributed by atoms with E-state index in [9.17, 15) is 0 Å². The van der Waals surface area contributed by atoms with E-state index in [0.717, 1.165) is 6.54 Å². The smallest absolute Gasteiger partial charge is 0.0833 e. The highest BCUT2D eigenvalue weighted by atomic mass is 15.7. The van der Waals surface area contributed by atoms with Crippen LogP contribution in [0.5, 0.6) is 0 Å². The highest BCUT2D eigenvalue weighted by Crippen LogP contribution is 1.66. The van der Waals surface area contributed by atoms with Crippen LogP contribution in [0.25, 0.3) is 0 Å². The van der Waals surface area contributed by atoms with Gasteiger partial charge >= 0.3 is 0 Å². The molecule has 1 aliphatic rings. The van der Waals surface area contributed by atoms with Gasteiger partial charge < -0.3 is 5.73 Å². The predicted molar refractivity (Wildman–Crippen MR) is 22.2 cm³/mol. The predicted octanol–water partition coefficient (Wildman–Crippen LogP) is -2.12. The second kappa shape index (κ2) is 1.53. The van der Waals surface area contributed by atoms with Crippen LogP contribution in [0.15, 0.2) is 0 Å². The number of hydrogen-bond donors (Lipinski definition) is 4. The molecule has 0 aliphatic carbocycles. The van der Waals surface area contributed by atoms with Crippen molar-refractivity contribution in [2.75, 3.05) is 6.54 Å². The van der Waals surface area contributed by atoms with Gasteiger partial charge in [0.25, 0.3) is 0 Å². The summed E-state index contributed by atoms with van der Waals surface area (Å²) >= 11 is 0. The van der Waals surface area contributed by atoms with Crippen molar-refractivity contribution in [3.63, 3.8) is 0 Å². The monoisotopic (exact) mass is 88.1 g/mol. The zero-order valence-electron chi connectivity index (χ0n) is 3.36. The second-order valence-corrected chi connectivity index (χ2v) is 1.26. The molecule has 5 N–H and O–H groups in total. The summed E-state index contributed by atoms with van der Waals surface area (Å²) in [5.74, 6) is 0. The first-order valence-electron chi connectivity index (χ1n) is 1.88. The highest BCUT2D eigenvalue weighted by Gasteiger charge is 2.03.